The Kier molecular flexibility index (Phi) is 5.55. The minimum Gasteiger partial charge on any atom is -0.393 e. The molecule has 1 heterocycles. The number of carbonyl (C=O) groups is 1. The summed E-state index contributed by atoms with van der Waals surface area (Å²) >= 11 is 0. The number of aliphatic hydroxyl groups is 1. The van der Waals surface area contributed by atoms with Gasteiger partial charge in [0.05, 0.1) is 12.6 Å². The molecular formula is C14H25N5O2. The first-order valence-electron chi connectivity index (χ1n) is 7.58. The summed E-state index contributed by atoms with van der Waals surface area (Å²) in [4.78, 5) is 17.7. The Morgan fingerprint density at radius 1 is 1.52 bits per heavy atom. The van der Waals surface area contributed by atoms with Gasteiger partial charge >= 0.3 is 6.03 Å². The fraction of sp³-hybridized carbons (Fsp3) is 0.786. The van der Waals surface area contributed by atoms with E-state index in [1.807, 2.05) is 6.92 Å². The maximum Gasteiger partial charge on any atom is 0.317 e. The van der Waals surface area contributed by atoms with Gasteiger partial charge < -0.3 is 15.3 Å². The summed E-state index contributed by atoms with van der Waals surface area (Å²) in [5, 5.41) is 16.9. The summed E-state index contributed by atoms with van der Waals surface area (Å²) in [6, 6.07) is -0.140. The molecule has 1 saturated carbocycles. The van der Waals surface area contributed by atoms with Crippen molar-refractivity contribution in [2.24, 2.45) is 5.92 Å². The molecule has 0 aliphatic heterocycles. The lowest BCUT2D eigenvalue weighted by Crippen LogP contribution is -2.46. The van der Waals surface area contributed by atoms with E-state index >= 15 is 0 Å². The molecule has 1 aliphatic carbocycles. The van der Waals surface area contributed by atoms with Crippen molar-refractivity contribution in [2.75, 3.05) is 13.6 Å². The van der Waals surface area contributed by atoms with E-state index in [9.17, 15) is 9.90 Å². The van der Waals surface area contributed by atoms with Crippen molar-refractivity contribution < 1.29 is 9.90 Å². The maximum atomic E-state index is 12.2. The molecule has 7 nitrogen and oxygen atoms in total. The number of aromatic nitrogens is 3. The number of rotatable bonds is 5. The summed E-state index contributed by atoms with van der Waals surface area (Å²) in [5.41, 5.74) is 0. The fourth-order valence-corrected chi connectivity index (χ4v) is 2.81. The molecule has 0 aromatic carbocycles. The number of hydrogen-bond acceptors (Lipinski definition) is 4. The van der Waals surface area contributed by atoms with Gasteiger partial charge in [0, 0.05) is 25.6 Å². The quantitative estimate of drug-likeness (QED) is 0.844. The number of aliphatic hydroxyl groups excluding tert-OH is 1. The number of hydrogen-bond donors (Lipinski definition) is 2. The van der Waals surface area contributed by atoms with Crippen LogP contribution in [0.3, 0.4) is 0 Å². The van der Waals surface area contributed by atoms with Gasteiger partial charge in [-0.25, -0.2) is 9.78 Å². The Bertz CT molecular complexity index is 437. The monoisotopic (exact) mass is 295 g/mol. The topological polar surface area (TPSA) is 83.3 Å². The van der Waals surface area contributed by atoms with Gasteiger partial charge in [0.25, 0.3) is 0 Å². The first kappa shape index (κ1) is 15.8. The van der Waals surface area contributed by atoms with Crippen LogP contribution >= 0.6 is 0 Å². The van der Waals surface area contributed by atoms with Crippen molar-refractivity contribution in [2.45, 2.75) is 51.3 Å². The van der Waals surface area contributed by atoms with E-state index in [0.29, 0.717) is 13.1 Å². The Morgan fingerprint density at radius 2 is 2.29 bits per heavy atom. The van der Waals surface area contributed by atoms with Gasteiger partial charge in [-0.15, -0.1) is 0 Å². The van der Waals surface area contributed by atoms with Crippen molar-refractivity contribution in [3.8, 4) is 0 Å². The molecule has 2 N–H and O–H groups in total. The highest BCUT2D eigenvalue weighted by atomic mass is 16.3. The molecule has 2 rings (SSSR count). The van der Waals surface area contributed by atoms with Gasteiger partial charge in [0.15, 0.2) is 0 Å². The molecular weight excluding hydrogens is 270 g/mol. The summed E-state index contributed by atoms with van der Waals surface area (Å²) in [6.07, 6.45) is 6.90. The smallest absolute Gasteiger partial charge is 0.317 e. The van der Waals surface area contributed by atoms with E-state index in [-0.39, 0.29) is 24.1 Å². The second kappa shape index (κ2) is 7.40. The number of amides is 2. The minimum absolute atomic E-state index is 0.0297. The SMILES string of the molecule is CC(Cn1cncn1)NC(=O)N(C)CC1CCCCC1O. The van der Waals surface area contributed by atoms with Gasteiger partial charge in [-0.1, -0.05) is 12.8 Å². The normalized spacial score (nSPS) is 23.6. The molecule has 7 heteroatoms. The van der Waals surface area contributed by atoms with Gasteiger partial charge in [0.2, 0.25) is 0 Å². The largest absolute Gasteiger partial charge is 0.393 e. The molecule has 1 aromatic heterocycles. The molecule has 1 fully saturated rings. The minimum atomic E-state index is -0.276. The highest BCUT2D eigenvalue weighted by Crippen LogP contribution is 2.24. The standard InChI is InChI=1S/C14H25N5O2/c1-11(7-19-10-15-9-16-19)17-14(21)18(2)8-12-5-3-4-6-13(12)20/h9-13,20H,3-8H2,1-2H3,(H,17,21). The highest BCUT2D eigenvalue weighted by Gasteiger charge is 2.25. The zero-order chi connectivity index (χ0) is 15.2. The maximum absolute atomic E-state index is 12.2. The average Bonchev–Trinajstić information content (AvgIpc) is 2.93. The molecule has 0 radical (unpaired) electrons. The van der Waals surface area contributed by atoms with Crippen molar-refractivity contribution in [3.63, 3.8) is 0 Å². The van der Waals surface area contributed by atoms with Crippen molar-refractivity contribution in [1.82, 2.24) is 25.0 Å². The predicted octanol–water partition coefficient (Wildman–Crippen LogP) is 0.859. The number of nitrogens with zero attached hydrogens (tertiary/aromatic N) is 4. The molecule has 1 aliphatic rings. The van der Waals surface area contributed by atoms with Gasteiger partial charge in [-0.05, 0) is 19.8 Å². The van der Waals surface area contributed by atoms with E-state index < -0.39 is 0 Å². The Balaban J connectivity index is 1.76. The summed E-state index contributed by atoms with van der Waals surface area (Å²) in [5.74, 6) is 0.195. The molecule has 0 saturated heterocycles. The molecule has 3 unspecified atom stereocenters. The Labute approximate surface area is 125 Å². The summed E-state index contributed by atoms with van der Waals surface area (Å²) < 4.78 is 1.69. The molecule has 0 bridgehead atoms. The van der Waals surface area contributed by atoms with Crippen LogP contribution in [0.1, 0.15) is 32.6 Å². The van der Waals surface area contributed by atoms with E-state index in [0.717, 1.165) is 25.7 Å². The van der Waals surface area contributed by atoms with Gasteiger partial charge in [0.1, 0.15) is 12.7 Å². The number of carbonyl (C=O) groups excluding carboxylic acids is 1. The third-order valence-electron chi connectivity index (χ3n) is 4.02. The predicted molar refractivity (Wildman–Crippen MR) is 78.6 cm³/mol. The fourth-order valence-electron chi connectivity index (χ4n) is 2.81. The van der Waals surface area contributed by atoms with Crippen LogP contribution < -0.4 is 5.32 Å². The second-order valence-electron chi connectivity index (χ2n) is 5.96. The first-order valence-corrected chi connectivity index (χ1v) is 7.58. The first-order chi connectivity index (χ1) is 10.1. The number of nitrogens with one attached hydrogen (secondary N) is 1. The van der Waals surface area contributed by atoms with Crippen LogP contribution in [0.2, 0.25) is 0 Å². The van der Waals surface area contributed by atoms with Crippen molar-refractivity contribution in [1.29, 1.82) is 0 Å². The zero-order valence-corrected chi connectivity index (χ0v) is 12.8. The van der Waals surface area contributed by atoms with E-state index in [4.69, 9.17) is 0 Å². The van der Waals surface area contributed by atoms with Gasteiger partial charge in [-0.2, -0.15) is 5.10 Å². The van der Waals surface area contributed by atoms with Crippen LogP contribution in [0, 0.1) is 5.92 Å². The molecule has 118 valence electrons. The van der Waals surface area contributed by atoms with E-state index in [2.05, 4.69) is 15.4 Å². The van der Waals surface area contributed by atoms with Crippen molar-refractivity contribution in [3.05, 3.63) is 12.7 Å². The lowest BCUT2D eigenvalue weighted by molar-refractivity contribution is 0.0563. The number of urea groups is 1. The summed E-state index contributed by atoms with van der Waals surface area (Å²) in [6.45, 7) is 3.12. The van der Waals surface area contributed by atoms with Crippen LogP contribution in [0.5, 0.6) is 0 Å². The molecule has 2 amide bonds. The third kappa shape index (κ3) is 4.70. The van der Waals surface area contributed by atoms with Crippen molar-refractivity contribution >= 4 is 6.03 Å². The van der Waals surface area contributed by atoms with Crippen LogP contribution in [0.25, 0.3) is 0 Å². The summed E-state index contributed by atoms with van der Waals surface area (Å²) in [7, 11) is 1.78. The van der Waals surface area contributed by atoms with E-state index in [1.54, 1.807) is 23.0 Å². The molecule has 0 spiro atoms. The average molecular weight is 295 g/mol. The van der Waals surface area contributed by atoms with Crippen LogP contribution in [0.15, 0.2) is 12.7 Å². The van der Waals surface area contributed by atoms with Gasteiger partial charge in [-0.3, -0.25) is 4.68 Å². The lowest BCUT2D eigenvalue weighted by atomic mass is 9.86. The Hall–Kier alpha value is -1.63. The zero-order valence-electron chi connectivity index (χ0n) is 12.8. The molecule has 3 atom stereocenters. The Morgan fingerprint density at radius 3 is 2.95 bits per heavy atom. The van der Waals surface area contributed by atoms with Crippen LogP contribution in [0.4, 0.5) is 4.79 Å². The van der Waals surface area contributed by atoms with Crippen LogP contribution in [-0.2, 0) is 6.54 Å². The second-order valence-corrected chi connectivity index (χ2v) is 5.96. The van der Waals surface area contributed by atoms with E-state index in [1.165, 1.54) is 6.33 Å². The highest BCUT2D eigenvalue weighted by molar-refractivity contribution is 5.74. The molecule has 1 aromatic rings. The third-order valence-corrected chi connectivity index (χ3v) is 4.02. The lowest BCUT2D eigenvalue weighted by Gasteiger charge is -2.31. The van der Waals surface area contributed by atoms with Crippen LogP contribution in [-0.4, -0.2) is 56.5 Å². The molecule has 21 heavy (non-hydrogen) atoms.